The summed E-state index contributed by atoms with van der Waals surface area (Å²) in [5.74, 6) is 0.852. The number of rotatable bonds is 8. The maximum atomic E-state index is 10.2. The van der Waals surface area contributed by atoms with Crippen molar-refractivity contribution in [1.82, 2.24) is 0 Å². The molecular formula is C31H42N2O3. The SMILES string of the molecule is CCCC1CCCC(OCC2=C(C)CC(c3cccc(C=N)c3)=N2)C1.CO.Cc1ccccc1C=O. The summed E-state index contributed by atoms with van der Waals surface area (Å²) in [4.78, 5) is 15.1. The number of aliphatic hydroxyl groups is 1. The minimum atomic E-state index is 0.408. The van der Waals surface area contributed by atoms with Gasteiger partial charge in [-0.25, -0.2) is 0 Å². The first-order chi connectivity index (χ1) is 17.5. The van der Waals surface area contributed by atoms with Gasteiger partial charge in [-0.1, -0.05) is 75.1 Å². The summed E-state index contributed by atoms with van der Waals surface area (Å²) in [6.45, 7) is 7.00. The monoisotopic (exact) mass is 490 g/mol. The van der Waals surface area contributed by atoms with E-state index >= 15 is 0 Å². The maximum absolute atomic E-state index is 10.2. The van der Waals surface area contributed by atoms with Gasteiger partial charge < -0.3 is 15.3 Å². The number of hydrogen-bond acceptors (Lipinski definition) is 5. The minimum Gasteiger partial charge on any atom is -0.400 e. The molecule has 36 heavy (non-hydrogen) atoms. The van der Waals surface area contributed by atoms with Gasteiger partial charge in [-0.15, -0.1) is 0 Å². The van der Waals surface area contributed by atoms with Gasteiger partial charge in [0, 0.05) is 25.3 Å². The number of nitrogens with one attached hydrogen (secondary N) is 1. The number of ether oxygens (including phenoxy) is 1. The molecule has 1 aliphatic carbocycles. The molecule has 0 bridgehead atoms. The van der Waals surface area contributed by atoms with Crippen LogP contribution in [0.25, 0.3) is 0 Å². The molecule has 2 aromatic carbocycles. The van der Waals surface area contributed by atoms with Crippen LogP contribution in [0.1, 0.15) is 85.8 Å². The summed E-state index contributed by atoms with van der Waals surface area (Å²) in [7, 11) is 1.00. The molecule has 0 spiro atoms. The standard InChI is InChI=1S/C22H30N2O.C8H8O.CH4O/c1-3-6-17-7-5-10-20(13-17)25-15-22-16(2)11-21(24-22)19-9-4-8-18(12-19)14-23;1-7-4-2-3-5-8(7)6-9;1-2/h4,8-9,12,14,17,20,23H,3,5-7,10-11,13,15H2,1-2H3;2-6H,1H3;2H,1H3. The number of allylic oxidation sites excluding steroid dienone is 1. The molecule has 2 unspecified atom stereocenters. The van der Waals surface area contributed by atoms with Crippen LogP contribution in [0.3, 0.4) is 0 Å². The molecule has 1 fully saturated rings. The Balaban J connectivity index is 0.000000347. The van der Waals surface area contributed by atoms with Crippen molar-refractivity contribution < 1.29 is 14.6 Å². The second kappa shape index (κ2) is 16.0. The van der Waals surface area contributed by atoms with Gasteiger partial charge in [0.2, 0.25) is 0 Å². The number of aliphatic hydroxyl groups excluding tert-OH is 1. The van der Waals surface area contributed by atoms with Crippen LogP contribution in [-0.2, 0) is 4.74 Å². The largest absolute Gasteiger partial charge is 0.400 e. The highest BCUT2D eigenvalue weighted by atomic mass is 16.5. The van der Waals surface area contributed by atoms with Crippen molar-refractivity contribution in [2.24, 2.45) is 10.9 Å². The van der Waals surface area contributed by atoms with Crippen LogP contribution in [0, 0.1) is 18.3 Å². The van der Waals surface area contributed by atoms with Crippen molar-refractivity contribution in [2.75, 3.05) is 13.7 Å². The molecule has 1 heterocycles. The number of hydrogen-bond donors (Lipinski definition) is 2. The van der Waals surface area contributed by atoms with Crippen molar-refractivity contribution >= 4 is 18.2 Å². The van der Waals surface area contributed by atoms with Gasteiger partial charge in [0.05, 0.1) is 24.1 Å². The number of benzene rings is 2. The zero-order valence-electron chi connectivity index (χ0n) is 22.3. The summed E-state index contributed by atoms with van der Waals surface area (Å²) in [6, 6.07) is 15.6. The molecule has 5 nitrogen and oxygen atoms in total. The van der Waals surface area contributed by atoms with Crippen LogP contribution in [-0.4, -0.2) is 43.1 Å². The first-order valence-electron chi connectivity index (χ1n) is 13.0. The normalized spacial score (nSPS) is 18.9. The fourth-order valence-corrected chi connectivity index (χ4v) is 4.76. The van der Waals surface area contributed by atoms with Crippen LogP contribution in [0.4, 0.5) is 0 Å². The molecule has 2 aromatic rings. The van der Waals surface area contributed by atoms with E-state index in [-0.39, 0.29) is 0 Å². The molecule has 2 N–H and O–H groups in total. The third-order valence-corrected chi connectivity index (χ3v) is 6.78. The fraction of sp³-hybridized carbons (Fsp3) is 0.452. The lowest BCUT2D eigenvalue weighted by Gasteiger charge is -2.29. The number of carbonyl (C=O) groups is 1. The number of nitrogens with zero attached hydrogens (tertiary/aromatic N) is 1. The van der Waals surface area contributed by atoms with E-state index in [0.717, 1.165) is 59.4 Å². The second-order valence-corrected chi connectivity index (χ2v) is 9.46. The Morgan fingerprint density at radius 2 is 1.89 bits per heavy atom. The third-order valence-electron chi connectivity index (χ3n) is 6.78. The van der Waals surface area contributed by atoms with Crippen LogP contribution in [0.5, 0.6) is 0 Å². The van der Waals surface area contributed by atoms with Gasteiger partial charge in [-0.3, -0.25) is 9.79 Å². The summed E-state index contributed by atoms with van der Waals surface area (Å²) < 4.78 is 6.24. The quantitative estimate of drug-likeness (QED) is 0.310. The predicted octanol–water partition coefficient (Wildman–Crippen LogP) is 6.94. The number of carbonyl (C=O) groups excluding carboxylic acids is 1. The zero-order chi connectivity index (χ0) is 26.3. The Morgan fingerprint density at radius 3 is 2.56 bits per heavy atom. The summed E-state index contributed by atoms with van der Waals surface area (Å²) in [6.07, 6.45) is 11.3. The van der Waals surface area contributed by atoms with Crippen LogP contribution >= 0.6 is 0 Å². The lowest BCUT2D eigenvalue weighted by molar-refractivity contribution is 0.0238. The average molecular weight is 491 g/mol. The average Bonchev–Trinajstić information content (AvgIpc) is 3.30. The Labute approximate surface area is 216 Å². The van der Waals surface area contributed by atoms with E-state index < -0.39 is 0 Å². The number of aldehydes is 1. The lowest BCUT2D eigenvalue weighted by atomic mass is 9.84. The van der Waals surface area contributed by atoms with E-state index in [2.05, 4.69) is 19.9 Å². The smallest absolute Gasteiger partial charge is 0.150 e. The van der Waals surface area contributed by atoms with E-state index in [0.29, 0.717) is 12.7 Å². The van der Waals surface area contributed by atoms with Crippen molar-refractivity contribution in [3.8, 4) is 0 Å². The topological polar surface area (TPSA) is 82.7 Å². The molecule has 1 saturated carbocycles. The van der Waals surface area contributed by atoms with Gasteiger partial charge in [0.1, 0.15) is 6.29 Å². The maximum Gasteiger partial charge on any atom is 0.150 e. The number of aliphatic imine (C=N–C) groups is 1. The van der Waals surface area contributed by atoms with Gasteiger partial charge in [-0.05, 0) is 60.9 Å². The molecule has 2 aliphatic rings. The van der Waals surface area contributed by atoms with E-state index in [1.165, 1.54) is 50.3 Å². The molecule has 0 radical (unpaired) electrons. The number of aryl methyl sites for hydroxylation is 1. The Bertz CT molecular complexity index is 1040. The van der Waals surface area contributed by atoms with Gasteiger partial charge >= 0.3 is 0 Å². The zero-order valence-corrected chi connectivity index (χ0v) is 22.3. The summed E-state index contributed by atoms with van der Waals surface area (Å²) >= 11 is 0. The Hall–Kier alpha value is -2.89. The lowest BCUT2D eigenvalue weighted by Crippen LogP contribution is -2.23. The fourth-order valence-electron chi connectivity index (χ4n) is 4.76. The molecule has 4 rings (SSSR count). The van der Waals surface area contributed by atoms with E-state index in [1.54, 1.807) is 0 Å². The predicted molar refractivity (Wildman–Crippen MR) is 149 cm³/mol. The highest BCUT2D eigenvalue weighted by Gasteiger charge is 2.23. The first kappa shape index (κ1) is 29.3. The van der Waals surface area contributed by atoms with Crippen molar-refractivity contribution in [1.29, 1.82) is 5.41 Å². The van der Waals surface area contributed by atoms with Crippen molar-refractivity contribution in [3.05, 3.63) is 82.1 Å². The van der Waals surface area contributed by atoms with Crippen LogP contribution in [0.15, 0.2) is 64.8 Å². The molecule has 5 heteroatoms. The molecule has 1 aliphatic heterocycles. The summed E-state index contributed by atoms with van der Waals surface area (Å²) in [5.41, 5.74) is 7.38. The molecular weight excluding hydrogens is 448 g/mol. The summed E-state index contributed by atoms with van der Waals surface area (Å²) in [5, 5.41) is 14.4. The van der Waals surface area contributed by atoms with Crippen molar-refractivity contribution in [2.45, 2.75) is 71.8 Å². The van der Waals surface area contributed by atoms with Crippen molar-refractivity contribution in [3.63, 3.8) is 0 Å². The first-order valence-corrected chi connectivity index (χ1v) is 13.0. The van der Waals surface area contributed by atoms with Gasteiger partial charge in [-0.2, -0.15) is 0 Å². The molecule has 2 atom stereocenters. The molecule has 0 saturated heterocycles. The minimum absolute atomic E-state index is 0.408. The highest BCUT2D eigenvalue weighted by molar-refractivity contribution is 6.05. The van der Waals surface area contributed by atoms with E-state index in [1.807, 2.05) is 49.4 Å². The Kier molecular flexibility index (Phi) is 13.0. The van der Waals surface area contributed by atoms with Gasteiger partial charge in [0.25, 0.3) is 0 Å². The third kappa shape index (κ3) is 8.96. The van der Waals surface area contributed by atoms with Crippen LogP contribution in [0.2, 0.25) is 0 Å². The Morgan fingerprint density at radius 1 is 1.11 bits per heavy atom. The molecule has 194 valence electrons. The van der Waals surface area contributed by atoms with E-state index in [9.17, 15) is 4.79 Å². The highest BCUT2D eigenvalue weighted by Crippen LogP contribution is 2.31. The van der Waals surface area contributed by atoms with Gasteiger partial charge in [0.15, 0.2) is 0 Å². The van der Waals surface area contributed by atoms with E-state index in [4.69, 9.17) is 20.2 Å². The molecule has 0 amide bonds. The van der Waals surface area contributed by atoms with Crippen LogP contribution < -0.4 is 0 Å². The molecule has 0 aromatic heterocycles. The second-order valence-electron chi connectivity index (χ2n) is 9.46.